The van der Waals surface area contributed by atoms with Crippen molar-refractivity contribution in [2.24, 2.45) is 0 Å². The Morgan fingerprint density at radius 1 is 1.19 bits per heavy atom. The van der Waals surface area contributed by atoms with Crippen molar-refractivity contribution in [2.45, 2.75) is 25.0 Å². The molecule has 0 aliphatic carbocycles. The van der Waals surface area contributed by atoms with E-state index in [0.29, 0.717) is 5.02 Å². The fraction of sp³-hybridized carbons (Fsp3) is 0.312. The third kappa shape index (κ3) is 4.66. The van der Waals surface area contributed by atoms with Gasteiger partial charge in [-0.05, 0) is 18.2 Å². The van der Waals surface area contributed by atoms with Crippen LogP contribution in [-0.2, 0) is 19.1 Å². The molecular formula is C16H14Cl2O8. The van der Waals surface area contributed by atoms with Crippen LogP contribution in [0, 0.1) is 0 Å². The van der Waals surface area contributed by atoms with Gasteiger partial charge in [0.2, 0.25) is 5.76 Å². The molecule has 140 valence electrons. The highest BCUT2D eigenvalue weighted by molar-refractivity contribution is 6.42. The Morgan fingerprint density at radius 3 is 2.46 bits per heavy atom. The summed E-state index contributed by atoms with van der Waals surface area (Å²) in [6.45, 7) is -0.602. The lowest BCUT2D eigenvalue weighted by atomic mass is 10.1. The van der Waals surface area contributed by atoms with Crippen molar-refractivity contribution in [1.29, 1.82) is 0 Å². The number of esters is 2. The second-order valence-electron chi connectivity index (χ2n) is 5.36. The summed E-state index contributed by atoms with van der Waals surface area (Å²) in [7, 11) is 0. The van der Waals surface area contributed by atoms with E-state index in [2.05, 4.69) is 4.74 Å². The Balaban J connectivity index is 1.79. The van der Waals surface area contributed by atoms with Crippen LogP contribution in [0.4, 0.5) is 0 Å². The Morgan fingerprint density at radius 2 is 1.88 bits per heavy atom. The highest BCUT2D eigenvalue weighted by Gasteiger charge is 2.39. The maximum Gasteiger partial charge on any atom is 0.377 e. The molecule has 2 atom stereocenters. The number of halogens is 2. The van der Waals surface area contributed by atoms with E-state index in [1.54, 1.807) is 0 Å². The number of cyclic esters (lactones) is 1. The first kappa shape index (κ1) is 20.0. The molecule has 0 bridgehead atoms. The molecule has 0 amide bonds. The predicted octanol–water partition coefficient (Wildman–Crippen LogP) is 2.11. The van der Waals surface area contributed by atoms with Gasteiger partial charge in [0.05, 0.1) is 16.5 Å². The number of carbonyl (C=O) groups is 3. The number of rotatable bonds is 7. The van der Waals surface area contributed by atoms with Crippen molar-refractivity contribution in [3.63, 3.8) is 0 Å². The van der Waals surface area contributed by atoms with Crippen LogP contribution >= 0.6 is 23.2 Å². The first-order valence-electron chi connectivity index (χ1n) is 7.35. The van der Waals surface area contributed by atoms with Crippen LogP contribution in [-0.4, -0.2) is 51.9 Å². The molecule has 0 radical (unpaired) electrons. The number of carbonyl (C=O) groups excluding carboxylic acids is 3. The van der Waals surface area contributed by atoms with Crippen molar-refractivity contribution in [3.05, 3.63) is 45.3 Å². The Kier molecular flexibility index (Phi) is 6.47. The topological polar surface area (TPSA) is 130 Å². The molecule has 1 aromatic rings. The zero-order valence-corrected chi connectivity index (χ0v) is 14.7. The number of hydrogen-bond donors (Lipinski definition) is 3. The van der Waals surface area contributed by atoms with E-state index < -0.39 is 42.3 Å². The Bertz CT molecular complexity index is 774. The Labute approximate surface area is 157 Å². The van der Waals surface area contributed by atoms with E-state index in [1.165, 1.54) is 18.2 Å². The number of ether oxygens (including phenoxy) is 2. The fourth-order valence-corrected chi connectivity index (χ4v) is 2.39. The summed E-state index contributed by atoms with van der Waals surface area (Å²) in [4.78, 5) is 34.7. The monoisotopic (exact) mass is 404 g/mol. The van der Waals surface area contributed by atoms with Gasteiger partial charge in [-0.15, -0.1) is 0 Å². The lowest BCUT2D eigenvalue weighted by Crippen LogP contribution is -2.33. The molecule has 0 unspecified atom stereocenters. The summed E-state index contributed by atoms with van der Waals surface area (Å²) >= 11 is 11.6. The van der Waals surface area contributed by atoms with Crippen molar-refractivity contribution in [1.82, 2.24) is 0 Å². The molecule has 1 heterocycles. The van der Waals surface area contributed by atoms with Gasteiger partial charge >= 0.3 is 11.9 Å². The van der Waals surface area contributed by atoms with E-state index in [0.717, 1.165) is 0 Å². The normalized spacial score (nSPS) is 17.8. The number of Topliss-reactive ketones (excluding diaryl/α,β-unsaturated/α-hetero) is 1. The number of hydrogen-bond acceptors (Lipinski definition) is 8. The maximum absolute atomic E-state index is 12.0. The highest BCUT2D eigenvalue weighted by atomic mass is 35.5. The minimum atomic E-state index is -1.57. The second kappa shape index (κ2) is 8.39. The van der Waals surface area contributed by atoms with Gasteiger partial charge in [-0.25, -0.2) is 4.79 Å². The molecule has 1 aliphatic heterocycles. The molecule has 0 aromatic heterocycles. The summed E-state index contributed by atoms with van der Waals surface area (Å²) in [6, 6.07) is 4.32. The van der Waals surface area contributed by atoms with Gasteiger partial charge in [0.1, 0.15) is 12.7 Å². The van der Waals surface area contributed by atoms with Gasteiger partial charge in [-0.1, -0.05) is 23.2 Å². The molecule has 26 heavy (non-hydrogen) atoms. The molecule has 3 N–H and O–H groups in total. The molecule has 2 rings (SSSR count). The van der Waals surface area contributed by atoms with Crippen LogP contribution in [0.2, 0.25) is 10.0 Å². The largest absolute Gasteiger partial charge is 0.505 e. The number of aliphatic hydroxyl groups excluding tert-OH is 3. The number of benzene rings is 1. The minimum absolute atomic E-state index is 0.156. The van der Waals surface area contributed by atoms with Crippen molar-refractivity contribution in [3.8, 4) is 0 Å². The van der Waals surface area contributed by atoms with Crippen molar-refractivity contribution < 1.29 is 39.2 Å². The van der Waals surface area contributed by atoms with Crippen molar-refractivity contribution in [2.75, 3.05) is 6.61 Å². The molecule has 0 saturated heterocycles. The molecular weight excluding hydrogens is 391 g/mol. The summed E-state index contributed by atoms with van der Waals surface area (Å²) in [5.41, 5.74) is 0.288. The average molecular weight is 405 g/mol. The Hall–Kier alpha value is -2.29. The molecule has 1 aliphatic rings. The van der Waals surface area contributed by atoms with Crippen LogP contribution in [0.3, 0.4) is 0 Å². The summed E-state index contributed by atoms with van der Waals surface area (Å²) in [6.07, 6.45) is -3.51. The van der Waals surface area contributed by atoms with Crippen molar-refractivity contribution >= 4 is 40.9 Å². The van der Waals surface area contributed by atoms with Gasteiger partial charge in [0.15, 0.2) is 17.6 Å². The van der Waals surface area contributed by atoms with E-state index in [9.17, 15) is 24.6 Å². The summed E-state index contributed by atoms with van der Waals surface area (Å²) in [5, 5.41) is 28.8. The molecule has 0 saturated carbocycles. The van der Waals surface area contributed by atoms with E-state index in [-0.39, 0.29) is 29.2 Å². The first-order valence-corrected chi connectivity index (χ1v) is 8.11. The zero-order valence-electron chi connectivity index (χ0n) is 13.1. The predicted molar refractivity (Wildman–Crippen MR) is 89.2 cm³/mol. The summed E-state index contributed by atoms with van der Waals surface area (Å²) in [5.74, 6) is -4.17. The van der Waals surface area contributed by atoms with Crippen LogP contribution < -0.4 is 0 Å². The van der Waals surface area contributed by atoms with Gasteiger partial charge in [0.25, 0.3) is 0 Å². The fourth-order valence-electron chi connectivity index (χ4n) is 2.09. The van der Waals surface area contributed by atoms with Crippen LogP contribution in [0.1, 0.15) is 23.2 Å². The zero-order chi connectivity index (χ0) is 19.4. The molecule has 10 heteroatoms. The van der Waals surface area contributed by atoms with E-state index >= 15 is 0 Å². The summed E-state index contributed by atoms with van der Waals surface area (Å²) < 4.78 is 9.29. The quantitative estimate of drug-likeness (QED) is 0.465. The molecule has 8 nitrogen and oxygen atoms in total. The van der Waals surface area contributed by atoms with Crippen LogP contribution in [0.5, 0.6) is 0 Å². The highest BCUT2D eigenvalue weighted by Crippen LogP contribution is 2.24. The smallest absolute Gasteiger partial charge is 0.377 e. The third-order valence-electron chi connectivity index (χ3n) is 3.50. The molecule has 1 aromatic carbocycles. The standard InChI is InChI=1S/C16H14Cl2O8/c17-8-2-1-7(5-9(8)18)10(19)3-4-12(21)25-6-11(20)15-13(22)14(23)16(24)26-15/h1-2,5,11,15,20,22-23H,3-4,6H2/t11-,15+/m0/s1. The number of ketones is 1. The lowest BCUT2D eigenvalue weighted by Gasteiger charge is -2.17. The molecule has 0 spiro atoms. The SMILES string of the molecule is O=C(CCC(=O)c1ccc(Cl)c(Cl)c1)OC[C@H](O)[C@H]1OC(=O)C(O)=C1O. The maximum atomic E-state index is 12.0. The lowest BCUT2D eigenvalue weighted by molar-refractivity contribution is -0.154. The van der Waals surface area contributed by atoms with Gasteiger partial charge < -0.3 is 24.8 Å². The third-order valence-corrected chi connectivity index (χ3v) is 4.24. The molecule has 0 fully saturated rings. The first-order chi connectivity index (χ1) is 12.2. The van der Waals surface area contributed by atoms with Crippen LogP contribution in [0.15, 0.2) is 29.7 Å². The van der Waals surface area contributed by atoms with E-state index in [4.69, 9.17) is 33.0 Å². The second-order valence-corrected chi connectivity index (χ2v) is 6.18. The average Bonchev–Trinajstić information content (AvgIpc) is 2.87. The number of aliphatic hydroxyl groups is 3. The minimum Gasteiger partial charge on any atom is -0.505 e. The van der Waals surface area contributed by atoms with Gasteiger partial charge in [-0.2, -0.15) is 0 Å². The van der Waals surface area contributed by atoms with Gasteiger partial charge in [-0.3, -0.25) is 9.59 Å². The van der Waals surface area contributed by atoms with Gasteiger partial charge in [0, 0.05) is 12.0 Å². The van der Waals surface area contributed by atoms with Crippen LogP contribution in [0.25, 0.3) is 0 Å². The van der Waals surface area contributed by atoms with E-state index in [1.807, 2.05) is 0 Å².